The van der Waals surface area contributed by atoms with E-state index in [4.69, 9.17) is 0 Å². The highest BCUT2D eigenvalue weighted by atomic mass is 16.2. The van der Waals surface area contributed by atoms with Crippen molar-refractivity contribution in [3.8, 4) is 0 Å². The second-order valence-corrected chi connectivity index (χ2v) is 6.51. The Kier molecular flexibility index (Phi) is 3.62. The first-order valence-electron chi connectivity index (χ1n) is 7.79. The molecule has 1 aliphatic heterocycles. The van der Waals surface area contributed by atoms with Gasteiger partial charge in [-0.1, -0.05) is 13.8 Å². The Bertz CT molecular complexity index is 915. The summed E-state index contributed by atoms with van der Waals surface area (Å²) in [6.07, 6.45) is 0.780. The van der Waals surface area contributed by atoms with Gasteiger partial charge in [0.05, 0.1) is 12.3 Å². The largest absolute Gasteiger partial charge is 0.332 e. The second kappa shape index (κ2) is 5.36. The Morgan fingerprint density at radius 1 is 1.22 bits per heavy atom. The van der Waals surface area contributed by atoms with Crippen LogP contribution in [0.5, 0.6) is 0 Å². The third kappa shape index (κ3) is 2.38. The first-order chi connectivity index (χ1) is 10.8. The monoisotopic (exact) mass is 318 g/mol. The molecule has 0 fully saturated rings. The lowest BCUT2D eigenvalue weighted by atomic mass is 10.1. The minimum Gasteiger partial charge on any atom is -0.297 e. The molecule has 0 saturated carbocycles. The third-order valence-corrected chi connectivity index (χ3v) is 4.14. The van der Waals surface area contributed by atoms with Crippen LogP contribution in [0.1, 0.15) is 27.2 Å². The molecule has 0 radical (unpaired) electrons. The van der Waals surface area contributed by atoms with Gasteiger partial charge in [0.2, 0.25) is 5.95 Å². The molecule has 0 atom stereocenters. The summed E-state index contributed by atoms with van der Waals surface area (Å²) < 4.78 is 4.61. The second-order valence-electron chi connectivity index (χ2n) is 6.51. The van der Waals surface area contributed by atoms with Crippen molar-refractivity contribution in [1.82, 2.24) is 18.7 Å². The van der Waals surface area contributed by atoms with Crippen LogP contribution in [0.2, 0.25) is 0 Å². The number of hydrogen-bond acceptors (Lipinski definition) is 5. The van der Waals surface area contributed by atoms with E-state index in [1.54, 1.807) is 19.1 Å². The van der Waals surface area contributed by atoms with E-state index in [0.29, 0.717) is 36.1 Å². The van der Waals surface area contributed by atoms with Gasteiger partial charge in [-0.05, 0) is 19.3 Å². The van der Waals surface area contributed by atoms with Crippen LogP contribution < -0.4 is 16.3 Å². The Morgan fingerprint density at radius 2 is 1.91 bits per heavy atom. The van der Waals surface area contributed by atoms with Gasteiger partial charge < -0.3 is 0 Å². The van der Waals surface area contributed by atoms with Gasteiger partial charge in [0, 0.05) is 20.6 Å². The van der Waals surface area contributed by atoms with E-state index in [2.05, 4.69) is 23.9 Å². The van der Waals surface area contributed by atoms with E-state index < -0.39 is 0 Å². The quantitative estimate of drug-likeness (QED) is 0.837. The Hall–Kier alpha value is -2.38. The zero-order valence-electron chi connectivity index (χ0n) is 14.2. The number of anilines is 1. The fraction of sp³-hybridized carbons (Fsp3) is 0.600. The molecule has 2 aromatic rings. The summed E-state index contributed by atoms with van der Waals surface area (Å²) in [4.78, 5) is 29.9. The van der Waals surface area contributed by atoms with Gasteiger partial charge in [-0.25, -0.2) is 9.80 Å². The summed E-state index contributed by atoms with van der Waals surface area (Å²) in [5, 5.41) is 5.99. The van der Waals surface area contributed by atoms with Crippen LogP contribution in [0.3, 0.4) is 0 Å². The Labute approximate surface area is 133 Å². The van der Waals surface area contributed by atoms with E-state index in [9.17, 15) is 9.59 Å². The third-order valence-electron chi connectivity index (χ3n) is 4.14. The van der Waals surface area contributed by atoms with Crippen LogP contribution in [0.15, 0.2) is 14.7 Å². The van der Waals surface area contributed by atoms with Crippen LogP contribution >= 0.6 is 0 Å². The highest BCUT2D eigenvalue weighted by Crippen LogP contribution is 2.22. The smallest absolute Gasteiger partial charge is 0.297 e. The number of fused-ring (bicyclic) bond motifs is 3. The van der Waals surface area contributed by atoms with Gasteiger partial charge in [0.15, 0.2) is 11.2 Å². The molecule has 0 aromatic carbocycles. The molecule has 8 heteroatoms. The van der Waals surface area contributed by atoms with Crippen molar-refractivity contribution >= 4 is 22.8 Å². The molecule has 8 nitrogen and oxygen atoms in total. The fourth-order valence-electron chi connectivity index (χ4n) is 2.90. The lowest BCUT2D eigenvalue weighted by Crippen LogP contribution is -2.40. The highest BCUT2D eigenvalue weighted by molar-refractivity contribution is 5.87. The average Bonchev–Trinajstić information content (AvgIpc) is 2.84. The average molecular weight is 318 g/mol. The van der Waals surface area contributed by atoms with E-state index in [0.717, 1.165) is 12.1 Å². The van der Waals surface area contributed by atoms with Gasteiger partial charge >= 0.3 is 5.69 Å². The predicted molar refractivity (Wildman–Crippen MR) is 90.2 cm³/mol. The van der Waals surface area contributed by atoms with Crippen LogP contribution in [0.4, 0.5) is 5.95 Å². The van der Waals surface area contributed by atoms with Crippen molar-refractivity contribution in [1.29, 1.82) is 0 Å². The van der Waals surface area contributed by atoms with Crippen molar-refractivity contribution in [2.45, 2.75) is 40.3 Å². The molecule has 0 aliphatic carbocycles. The molecule has 23 heavy (non-hydrogen) atoms. The van der Waals surface area contributed by atoms with Crippen molar-refractivity contribution < 1.29 is 0 Å². The molecule has 0 N–H and O–H groups in total. The van der Waals surface area contributed by atoms with Gasteiger partial charge in [0.25, 0.3) is 5.56 Å². The lowest BCUT2D eigenvalue weighted by molar-refractivity contribution is 0.487. The first-order valence-corrected chi connectivity index (χ1v) is 7.79. The Morgan fingerprint density at radius 3 is 2.57 bits per heavy atom. The molecule has 0 amide bonds. The summed E-state index contributed by atoms with van der Waals surface area (Å²) in [5.74, 6) is 1.00. The van der Waals surface area contributed by atoms with Crippen LogP contribution in [-0.2, 0) is 20.1 Å². The molecule has 1 aliphatic rings. The molecule has 124 valence electrons. The van der Waals surface area contributed by atoms with Crippen LogP contribution in [0, 0.1) is 5.92 Å². The van der Waals surface area contributed by atoms with E-state index >= 15 is 0 Å². The molecule has 0 unspecified atom stereocenters. The summed E-state index contributed by atoms with van der Waals surface area (Å²) in [6, 6.07) is 0. The van der Waals surface area contributed by atoms with E-state index in [1.165, 1.54) is 9.13 Å². The summed E-state index contributed by atoms with van der Waals surface area (Å²) in [7, 11) is 3.44. The standard InChI is InChI=1S/C15H22N6O2/c1-9(2)6-7-20-13(22)11-12(18(4)15(20)23)16-14-19(5)17-10(3)8-21(11)14/h9H,6-8H2,1-5H3. The van der Waals surface area contributed by atoms with Crippen molar-refractivity contribution in [3.05, 3.63) is 20.8 Å². The molecule has 3 rings (SSSR count). The van der Waals surface area contributed by atoms with Crippen molar-refractivity contribution in [2.24, 2.45) is 18.1 Å². The maximum atomic E-state index is 12.9. The topological polar surface area (TPSA) is 77.4 Å². The number of hydrogen-bond donors (Lipinski definition) is 0. The van der Waals surface area contributed by atoms with Crippen molar-refractivity contribution in [2.75, 3.05) is 12.1 Å². The van der Waals surface area contributed by atoms with Crippen molar-refractivity contribution in [3.63, 3.8) is 0 Å². The zero-order valence-corrected chi connectivity index (χ0v) is 14.2. The summed E-state index contributed by atoms with van der Waals surface area (Å²) in [5.41, 5.74) is 1.17. The first kappa shape index (κ1) is 15.5. The molecule has 0 bridgehead atoms. The molecule has 0 spiro atoms. The number of aromatic nitrogens is 4. The van der Waals surface area contributed by atoms with Gasteiger partial charge in [-0.2, -0.15) is 10.1 Å². The van der Waals surface area contributed by atoms with Gasteiger partial charge in [-0.15, -0.1) is 0 Å². The summed E-state index contributed by atoms with van der Waals surface area (Å²) in [6.45, 7) is 6.98. The number of nitrogens with zero attached hydrogens (tertiary/aromatic N) is 6. The summed E-state index contributed by atoms with van der Waals surface area (Å²) >= 11 is 0. The number of rotatable bonds is 3. The number of aryl methyl sites for hydroxylation is 1. The van der Waals surface area contributed by atoms with Crippen LogP contribution in [0.25, 0.3) is 11.2 Å². The maximum Gasteiger partial charge on any atom is 0.332 e. The molecular formula is C15H22N6O2. The van der Waals surface area contributed by atoms with E-state index in [1.807, 2.05) is 11.5 Å². The minimum atomic E-state index is -0.320. The molecular weight excluding hydrogens is 296 g/mol. The zero-order chi connectivity index (χ0) is 16.9. The SMILES string of the molecule is CC1=NN(C)c2nc3c(c(=O)n(CCC(C)C)c(=O)n3C)n2C1. The van der Waals surface area contributed by atoms with Gasteiger partial charge in [-0.3, -0.25) is 18.5 Å². The molecule has 2 aromatic heterocycles. The minimum absolute atomic E-state index is 0.273. The fourth-order valence-corrected chi connectivity index (χ4v) is 2.90. The predicted octanol–water partition coefficient (Wildman–Crippen LogP) is 0.768. The Balaban J connectivity index is 2.29. The molecule has 3 heterocycles. The lowest BCUT2D eigenvalue weighted by Gasteiger charge is -2.20. The molecule has 0 saturated heterocycles. The van der Waals surface area contributed by atoms with Crippen LogP contribution in [-0.4, -0.2) is 31.4 Å². The maximum absolute atomic E-state index is 12.9. The number of hydrazone groups is 1. The highest BCUT2D eigenvalue weighted by Gasteiger charge is 2.24. The number of imidazole rings is 1. The van der Waals surface area contributed by atoms with E-state index in [-0.39, 0.29) is 11.2 Å². The normalized spacial score (nSPS) is 14.5. The van der Waals surface area contributed by atoms with Gasteiger partial charge in [0.1, 0.15) is 0 Å².